The maximum absolute atomic E-state index is 13.4. The first-order valence-electron chi connectivity index (χ1n) is 5.10. The number of rotatable bonds is 1. The summed E-state index contributed by atoms with van der Waals surface area (Å²) in [6, 6.07) is 3.46. The predicted molar refractivity (Wildman–Crippen MR) is 64.8 cm³/mol. The van der Waals surface area contributed by atoms with Gasteiger partial charge in [-0.3, -0.25) is 0 Å². The second-order valence-electron chi connectivity index (χ2n) is 5.07. The van der Waals surface area contributed by atoms with Crippen LogP contribution < -0.4 is 4.90 Å². The Morgan fingerprint density at radius 2 is 1.93 bits per heavy atom. The number of nitrogens with zero attached hydrogens (tertiary/aromatic N) is 1. The molecule has 1 aliphatic heterocycles. The lowest BCUT2D eigenvalue weighted by molar-refractivity contribution is 0.276. The molecule has 0 bridgehead atoms. The van der Waals surface area contributed by atoms with E-state index in [1.165, 1.54) is 0 Å². The maximum atomic E-state index is 13.4. The van der Waals surface area contributed by atoms with E-state index in [0.717, 1.165) is 24.3 Å². The first-order valence-corrected chi connectivity index (χ1v) is 5.89. The molecule has 0 saturated carbocycles. The molecular formula is C12H15BrFN. The Bertz CT molecular complexity index is 393. The fourth-order valence-electron chi connectivity index (χ4n) is 2.13. The molecule has 3 heteroatoms. The average molecular weight is 272 g/mol. The van der Waals surface area contributed by atoms with E-state index in [1.807, 2.05) is 13.0 Å². The lowest BCUT2D eigenvalue weighted by Crippen LogP contribution is -2.53. The molecule has 1 aliphatic rings. The molecule has 0 spiro atoms. The van der Waals surface area contributed by atoms with Crippen LogP contribution in [-0.2, 0) is 0 Å². The Labute approximate surface area is 98.4 Å². The summed E-state index contributed by atoms with van der Waals surface area (Å²) >= 11 is 3.20. The Morgan fingerprint density at radius 3 is 2.47 bits per heavy atom. The lowest BCUT2D eigenvalue weighted by atomic mass is 9.83. The largest absolute Gasteiger partial charge is 0.370 e. The second-order valence-corrected chi connectivity index (χ2v) is 5.93. The fraction of sp³-hybridized carbons (Fsp3) is 0.500. The smallest absolute Gasteiger partial charge is 0.139 e. The Balaban J connectivity index is 2.27. The van der Waals surface area contributed by atoms with E-state index in [2.05, 4.69) is 34.7 Å². The van der Waals surface area contributed by atoms with Gasteiger partial charge in [-0.15, -0.1) is 0 Å². The molecule has 1 nitrogen and oxygen atoms in total. The van der Waals surface area contributed by atoms with Gasteiger partial charge < -0.3 is 4.90 Å². The SMILES string of the molecule is Cc1cc(Br)c(F)cc1N1CC(C)(C)C1. The van der Waals surface area contributed by atoms with Crippen molar-refractivity contribution in [3.63, 3.8) is 0 Å². The van der Waals surface area contributed by atoms with Gasteiger partial charge in [-0.25, -0.2) is 4.39 Å². The normalized spacial score (nSPS) is 18.9. The summed E-state index contributed by atoms with van der Waals surface area (Å²) in [5.41, 5.74) is 2.52. The van der Waals surface area contributed by atoms with Crippen molar-refractivity contribution in [1.29, 1.82) is 0 Å². The highest BCUT2D eigenvalue weighted by atomic mass is 79.9. The van der Waals surface area contributed by atoms with E-state index in [-0.39, 0.29) is 5.82 Å². The average Bonchev–Trinajstić information content (AvgIpc) is 2.07. The number of halogens is 2. The first-order chi connectivity index (χ1) is 6.89. The highest BCUT2D eigenvalue weighted by Gasteiger charge is 2.34. The summed E-state index contributed by atoms with van der Waals surface area (Å²) in [4.78, 5) is 2.23. The molecule has 0 atom stereocenters. The Kier molecular flexibility index (Phi) is 2.53. The van der Waals surface area contributed by atoms with Crippen LogP contribution >= 0.6 is 15.9 Å². The summed E-state index contributed by atoms with van der Waals surface area (Å²) in [5, 5.41) is 0. The molecule has 1 aromatic carbocycles. The molecule has 0 aliphatic carbocycles. The fourth-order valence-corrected chi connectivity index (χ4v) is 2.59. The molecule has 0 amide bonds. The maximum Gasteiger partial charge on any atom is 0.139 e. The van der Waals surface area contributed by atoms with Crippen LogP contribution in [0, 0.1) is 18.2 Å². The number of hydrogen-bond acceptors (Lipinski definition) is 1. The van der Waals surface area contributed by atoms with Gasteiger partial charge in [0.25, 0.3) is 0 Å². The molecule has 0 N–H and O–H groups in total. The minimum Gasteiger partial charge on any atom is -0.370 e. The zero-order valence-electron chi connectivity index (χ0n) is 9.27. The topological polar surface area (TPSA) is 3.24 Å². The summed E-state index contributed by atoms with van der Waals surface area (Å²) < 4.78 is 13.9. The van der Waals surface area contributed by atoms with Crippen LogP contribution in [0.5, 0.6) is 0 Å². The minimum absolute atomic E-state index is 0.180. The zero-order valence-corrected chi connectivity index (χ0v) is 10.9. The molecule has 1 heterocycles. The van der Waals surface area contributed by atoms with Crippen molar-refractivity contribution in [3.05, 3.63) is 28.0 Å². The summed E-state index contributed by atoms with van der Waals surface area (Å²) in [7, 11) is 0. The minimum atomic E-state index is -0.180. The van der Waals surface area contributed by atoms with Gasteiger partial charge in [-0.1, -0.05) is 13.8 Å². The van der Waals surface area contributed by atoms with Gasteiger partial charge in [0.1, 0.15) is 5.82 Å². The van der Waals surface area contributed by atoms with Crippen LogP contribution in [0.3, 0.4) is 0 Å². The number of aryl methyl sites for hydroxylation is 1. The first kappa shape index (κ1) is 10.9. The van der Waals surface area contributed by atoms with Gasteiger partial charge in [-0.2, -0.15) is 0 Å². The Morgan fingerprint density at radius 1 is 1.33 bits per heavy atom. The standard InChI is InChI=1S/C12H15BrFN/c1-8-4-9(13)10(14)5-11(8)15-6-12(2,3)7-15/h4-5H,6-7H2,1-3H3. The van der Waals surface area contributed by atoms with Crippen LogP contribution in [0.4, 0.5) is 10.1 Å². The van der Waals surface area contributed by atoms with Crippen molar-refractivity contribution >= 4 is 21.6 Å². The predicted octanol–water partition coefficient (Wildman–Crippen LogP) is 3.74. The number of benzene rings is 1. The third-order valence-corrected chi connectivity index (χ3v) is 3.43. The van der Waals surface area contributed by atoms with E-state index in [9.17, 15) is 4.39 Å². The molecule has 0 aromatic heterocycles. The zero-order chi connectivity index (χ0) is 11.2. The second kappa shape index (κ2) is 3.48. The highest BCUT2D eigenvalue weighted by molar-refractivity contribution is 9.10. The van der Waals surface area contributed by atoms with Gasteiger partial charge in [0.2, 0.25) is 0 Å². The molecule has 2 rings (SSSR count). The third-order valence-electron chi connectivity index (χ3n) is 2.82. The number of anilines is 1. The van der Waals surface area contributed by atoms with Crippen molar-refractivity contribution in [1.82, 2.24) is 0 Å². The van der Waals surface area contributed by atoms with Gasteiger partial charge in [-0.05, 0) is 46.0 Å². The van der Waals surface area contributed by atoms with Gasteiger partial charge in [0.15, 0.2) is 0 Å². The van der Waals surface area contributed by atoms with E-state index < -0.39 is 0 Å². The molecular weight excluding hydrogens is 257 g/mol. The van der Waals surface area contributed by atoms with Crippen LogP contribution in [-0.4, -0.2) is 13.1 Å². The van der Waals surface area contributed by atoms with Gasteiger partial charge in [0.05, 0.1) is 4.47 Å². The van der Waals surface area contributed by atoms with Crippen molar-refractivity contribution < 1.29 is 4.39 Å². The van der Waals surface area contributed by atoms with E-state index in [1.54, 1.807) is 6.07 Å². The lowest BCUT2D eigenvalue weighted by Gasteiger charge is -2.48. The summed E-state index contributed by atoms with van der Waals surface area (Å²) in [5.74, 6) is -0.180. The summed E-state index contributed by atoms with van der Waals surface area (Å²) in [6.45, 7) is 8.50. The summed E-state index contributed by atoms with van der Waals surface area (Å²) in [6.07, 6.45) is 0. The van der Waals surface area contributed by atoms with Crippen molar-refractivity contribution in [2.24, 2.45) is 5.41 Å². The van der Waals surface area contributed by atoms with E-state index in [0.29, 0.717) is 9.89 Å². The van der Waals surface area contributed by atoms with Gasteiger partial charge in [0, 0.05) is 18.8 Å². The quantitative estimate of drug-likeness (QED) is 0.752. The molecule has 1 aromatic rings. The molecule has 1 saturated heterocycles. The van der Waals surface area contributed by atoms with Crippen molar-refractivity contribution in [3.8, 4) is 0 Å². The molecule has 82 valence electrons. The molecule has 1 fully saturated rings. The monoisotopic (exact) mass is 271 g/mol. The van der Waals surface area contributed by atoms with Crippen LogP contribution in [0.15, 0.2) is 16.6 Å². The van der Waals surface area contributed by atoms with Gasteiger partial charge >= 0.3 is 0 Å². The Hall–Kier alpha value is -0.570. The van der Waals surface area contributed by atoms with Crippen LogP contribution in [0.2, 0.25) is 0 Å². The van der Waals surface area contributed by atoms with Crippen molar-refractivity contribution in [2.45, 2.75) is 20.8 Å². The van der Waals surface area contributed by atoms with E-state index in [4.69, 9.17) is 0 Å². The van der Waals surface area contributed by atoms with Crippen LogP contribution in [0.1, 0.15) is 19.4 Å². The number of hydrogen-bond donors (Lipinski definition) is 0. The third kappa shape index (κ3) is 2.03. The molecule has 15 heavy (non-hydrogen) atoms. The molecule has 0 radical (unpaired) electrons. The molecule has 0 unspecified atom stereocenters. The van der Waals surface area contributed by atoms with Crippen LogP contribution in [0.25, 0.3) is 0 Å². The highest BCUT2D eigenvalue weighted by Crippen LogP contribution is 2.36. The van der Waals surface area contributed by atoms with Crippen molar-refractivity contribution in [2.75, 3.05) is 18.0 Å². The van der Waals surface area contributed by atoms with E-state index >= 15 is 0 Å².